The predicted molar refractivity (Wildman–Crippen MR) is 98.5 cm³/mol. The first-order valence-corrected chi connectivity index (χ1v) is 9.33. The van der Waals surface area contributed by atoms with Gasteiger partial charge in [0, 0.05) is 25.0 Å². The molecule has 0 unspecified atom stereocenters. The zero-order chi connectivity index (χ0) is 19.5. The summed E-state index contributed by atoms with van der Waals surface area (Å²) in [4.78, 5) is 16.4. The highest BCUT2D eigenvalue weighted by molar-refractivity contribution is 5.89. The van der Waals surface area contributed by atoms with Crippen LogP contribution in [0.2, 0.25) is 0 Å². The van der Waals surface area contributed by atoms with Gasteiger partial charge in [0.1, 0.15) is 17.5 Å². The number of rotatable bonds is 6. The van der Waals surface area contributed by atoms with E-state index in [1.165, 1.54) is 25.1 Å². The van der Waals surface area contributed by atoms with Crippen molar-refractivity contribution in [2.75, 3.05) is 5.32 Å². The quantitative estimate of drug-likeness (QED) is 0.677. The Hall–Kier alpha value is -3.03. The Balaban J connectivity index is 1.36. The Morgan fingerprint density at radius 3 is 2.86 bits per heavy atom. The van der Waals surface area contributed by atoms with Crippen LogP contribution >= 0.6 is 0 Å². The van der Waals surface area contributed by atoms with Crippen LogP contribution in [0.25, 0.3) is 11.3 Å². The summed E-state index contributed by atoms with van der Waals surface area (Å²) in [5.41, 5.74) is 0.130. The molecule has 1 aliphatic rings. The first-order chi connectivity index (χ1) is 13.6. The molecule has 3 aromatic rings. The minimum absolute atomic E-state index is 0.130. The molecular formula is C20H20F2N4O2. The van der Waals surface area contributed by atoms with Gasteiger partial charge in [-0.3, -0.25) is 4.79 Å². The smallest absolute Gasteiger partial charge is 0.226 e. The minimum Gasteiger partial charge on any atom is -0.441 e. The fourth-order valence-corrected chi connectivity index (χ4v) is 3.52. The molecule has 1 fully saturated rings. The molecule has 1 N–H and O–H groups in total. The van der Waals surface area contributed by atoms with Crippen molar-refractivity contribution in [1.29, 1.82) is 0 Å². The first-order valence-electron chi connectivity index (χ1n) is 9.33. The van der Waals surface area contributed by atoms with Crippen molar-refractivity contribution < 1.29 is 18.0 Å². The number of nitrogens with one attached hydrogen (secondary N) is 1. The van der Waals surface area contributed by atoms with Crippen molar-refractivity contribution in [2.24, 2.45) is 0 Å². The zero-order valence-corrected chi connectivity index (χ0v) is 15.2. The number of aromatic nitrogens is 3. The van der Waals surface area contributed by atoms with Crippen molar-refractivity contribution in [1.82, 2.24) is 14.8 Å². The highest BCUT2D eigenvalue weighted by Gasteiger charge is 2.20. The van der Waals surface area contributed by atoms with Crippen molar-refractivity contribution in [3.63, 3.8) is 0 Å². The third-order valence-electron chi connectivity index (χ3n) is 4.92. The van der Waals surface area contributed by atoms with Crippen molar-refractivity contribution in [2.45, 2.75) is 44.6 Å². The molecule has 8 heteroatoms. The first kappa shape index (κ1) is 18.3. The average molecular weight is 386 g/mol. The summed E-state index contributed by atoms with van der Waals surface area (Å²) in [6, 6.07) is 5.37. The maximum Gasteiger partial charge on any atom is 0.226 e. The Bertz CT molecular complexity index is 976. The number of hydrogen-bond acceptors (Lipinski definition) is 4. The Kier molecular flexibility index (Phi) is 5.18. The van der Waals surface area contributed by atoms with Gasteiger partial charge in [0.2, 0.25) is 5.91 Å². The van der Waals surface area contributed by atoms with Crippen LogP contribution < -0.4 is 5.32 Å². The molecule has 0 aliphatic heterocycles. The number of benzene rings is 1. The fraction of sp³-hybridized carbons (Fsp3) is 0.350. The fourth-order valence-electron chi connectivity index (χ4n) is 3.52. The molecule has 0 bridgehead atoms. The normalized spacial score (nSPS) is 14.5. The number of nitrogens with zero attached hydrogens (tertiary/aromatic N) is 3. The van der Waals surface area contributed by atoms with Gasteiger partial charge in [0.25, 0.3) is 0 Å². The molecule has 0 radical (unpaired) electrons. The van der Waals surface area contributed by atoms with Crippen LogP contribution in [0.15, 0.2) is 41.1 Å². The Morgan fingerprint density at radius 1 is 1.25 bits per heavy atom. The molecular weight excluding hydrogens is 366 g/mol. The SMILES string of the molecule is O=C(CCc1ncc(-c2ccc(F)cc2F)o1)Nc1ccnn1C1CCCC1. The number of aryl methyl sites for hydroxylation is 1. The van der Waals surface area contributed by atoms with E-state index in [9.17, 15) is 13.6 Å². The number of anilines is 1. The number of halogens is 2. The molecule has 1 aliphatic carbocycles. The number of carbonyl (C=O) groups is 1. The highest BCUT2D eigenvalue weighted by Crippen LogP contribution is 2.31. The van der Waals surface area contributed by atoms with Crippen LogP contribution in [0.4, 0.5) is 14.6 Å². The molecule has 146 valence electrons. The summed E-state index contributed by atoms with van der Waals surface area (Å²) in [5.74, 6) is -0.341. The molecule has 28 heavy (non-hydrogen) atoms. The average Bonchev–Trinajstić information content (AvgIpc) is 3.41. The third kappa shape index (κ3) is 3.95. The van der Waals surface area contributed by atoms with E-state index in [1.807, 2.05) is 4.68 Å². The standard InChI is InChI=1S/C20H20F2N4O2/c21-13-5-6-15(16(22)11-13)17-12-23-20(28-17)8-7-19(27)25-18-9-10-24-26(18)14-3-1-2-4-14/h5-6,9-12,14H,1-4,7-8H2,(H,25,27). The van der Waals surface area contributed by atoms with E-state index < -0.39 is 11.6 Å². The summed E-state index contributed by atoms with van der Waals surface area (Å²) in [6.45, 7) is 0. The zero-order valence-electron chi connectivity index (χ0n) is 15.2. The van der Waals surface area contributed by atoms with Crippen LogP contribution in [0.1, 0.15) is 44.0 Å². The van der Waals surface area contributed by atoms with Gasteiger partial charge in [-0.2, -0.15) is 5.10 Å². The van der Waals surface area contributed by atoms with Gasteiger partial charge < -0.3 is 9.73 Å². The van der Waals surface area contributed by atoms with Gasteiger partial charge in [-0.1, -0.05) is 12.8 Å². The summed E-state index contributed by atoms with van der Waals surface area (Å²) in [7, 11) is 0. The van der Waals surface area contributed by atoms with Gasteiger partial charge in [0.15, 0.2) is 11.7 Å². The van der Waals surface area contributed by atoms with Crippen LogP contribution in [0.3, 0.4) is 0 Å². The summed E-state index contributed by atoms with van der Waals surface area (Å²) < 4.78 is 34.3. The molecule has 1 aromatic carbocycles. The van der Waals surface area contributed by atoms with E-state index in [0.29, 0.717) is 17.8 Å². The van der Waals surface area contributed by atoms with Crippen LogP contribution in [0.5, 0.6) is 0 Å². The van der Waals surface area contributed by atoms with E-state index in [-0.39, 0.29) is 30.1 Å². The molecule has 6 nitrogen and oxygen atoms in total. The molecule has 2 aromatic heterocycles. The molecule has 1 saturated carbocycles. The lowest BCUT2D eigenvalue weighted by Gasteiger charge is -2.14. The van der Waals surface area contributed by atoms with Crippen molar-refractivity contribution in [3.8, 4) is 11.3 Å². The second kappa shape index (κ2) is 7.92. The molecule has 0 atom stereocenters. The van der Waals surface area contributed by atoms with Crippen LogP contribution in [0, 0.1) is 11.6 Å². The van der Waals surface area contributed by atoms with E-state index in [1.54, 1.807) is 12.3 Å². The third-order valence-corrected chi connectivity index (χ3v) is 4.92. The second-order valence-electron chi connectivity index (χ2n) is 6.89. The maximum absolute atomic E-state index is 13.8. The molecule has 2 heterocycles. The van der Waals surface area contributed by atoms with Gasteiger partial charge in [-0.15, -0.1) is 0 Å². The Morgan fingerprint density at radius 2 is 2.07 bits per heavy atom. The van der Waals surface area contributed by atoms with E-state index >= 15 is 0 Å². The number of amides is 1. The predicted octanol–water partition coefficient (Wildman–Crippen LogP) is 4.50. The second-order valence-corrected chi connectivity index (χ2v) is 6.89. The molecule has 0 saturated heterocycles. The molecule has 1 amide bonds. The molecule has 4 rings (SSSR count). The van der Waals surface area contributed by atoms with E-state index in [2.05, 4.69) is 15.4 Å². The van der Waals surface area contributed by atoms with Crippen LogP contribution in [-0.4, -0.2) is 20.7 Å². The highest BCUT2D eigenvalue weighted by atomic mass is 19.1. The number of hydrogen-bond donors (Lipinski definition) is 1. The van der Waals surface area contributed by atoms with Crippen LogP contribution in [-0.2, 0) is 11.2 Å². The van der Waals surface area contributed by atoms with Gasteiger partial charge in [-0.25, -0.2) is 18.4 Å². The maximum atomic E-state index is 13.8. The summed E-state index contributed by atoms with van der Waals surface area (Å²) >= 11 is 0. The topological polar surface area (TPSA) is 73.0 Å². The largest absolute Gasteiger partial charge is 0.441 e. The van der Waals surface area contributed by atoms with Crippen molar-refractivity contribution >= 4 is 11.7 Å². The van der Waals surface area contributed by atoms with Gasteiger partial charge in [0.05, 0.1) is 24.0 Å². The Labute approximate surface area is 160 Å². The van der Waals surface area contributed by atoms with Gasteiger partial charge >= 0.3 is 0 Å². The summed E-state index contributed by atoms with van der Waals surface area (Å²) in [6.07, 6.45) is 8.00. The summed E-state index contributed by atoms with van der Waals surface area (Å²) in [5, 5.41) is 7.21. The van der Waals surface area contributed by atoms with E-state index in [4.69, 9.17) is 4.42 Å². The molecule has 0 spiro atoms. The lowest BCUT2D eigenvalue weighted by Crippen LogP contribution is -2.18. The number of oxazole rings is 1. The van der Waals surface area contributed by atoms with Gasteiger partial charge in [-0.05, 0) is 25.0 Å². The monoisotopic (exact) mass is 386 g/mol. The lowest BCUT2D eigenvalue weighted by atomic mass is 10.2. The van der Waals surface area contributed by atoms with E-state index in [0.717, 1.165) is 25.0 Å². The minimum atomic E-state index is -0.722. The van der Waals surface area contributed by atoms with Crippen molar-refractivity contribution in [3.05, 3.63) is 54.2 Å². The number of carbonyl (C=O) groups excluding carboxylic acids is 1. The lowest BCUT2D eigenvalue weighted by molar-refractivity contribution is -0.116.